The number of benzene rings is 1. The summed E-state index contributed by atoms with van der Waals surface area (Å²) in [6.07, 6.45) is 1.75. The van der Waals surface area contributed by atoms with Crippen LogP contribution < -0.4 is 0 Å². The van der Waals surface area contributed by atoms with E-state index < -0.39 is 5.82 Å². The van der Waals surface area contributed by atoms with Gasteiger partial charge in [0.05, 0.1) is 5.69 Å². The maximum Gasteiger partial charge on any atom is 0.177 e. The molecule has 0 saturated carbocycles. The minimum absolute atomic E-state index is 0.187. The third-order valence-electron chi connectivity index (χ3n) is 2.10. The molecule has 1 heterocycles. The standard InChI is InChI=1S/C11H7BrClFN2/c12-11-10(14)9(15-6-16-11)5-7-1-3-8(13)4-2-7/h1-4,6H,5H2. The van der Waals surface area contributed by atoms with Crippen molar-refractivity contribution >= 4 is 27.5 Å². The van der Waals surface area contributed by atoms with Crippen molar-refractivity contribution in [3.63, 3.8) is 0 Å². The van der Waals surface area contributed by atoms with Gasteiger partial charge in [0.25, 0.3) is 0 Å². The van der Waals surface area contributed by atoms with Crippen LogP contribution >= 0.6 is 27.5 Å². The van der Waals surface area contributed by atoms with Crippen molar-refractivity contribution in [1.82, 2.24) is 9.97 Å². The van der Waals surface area contributed by atoms with E-state index >= 15 is 0 Å². The Bertz CT molecular complexity index is 502. The Balaban J connectivity index is 2.27. The molecule has 0 aliphatic rings. The second-order valence-corrected chi connectivity index (χ2v) is 4.42. The van der Waals surface area contributed by atoms with Gasteiger partial charge in [0.15, 0.2) is 5.82 Å². The molecule has 0 spiro atoms. The van der Waals surface area contributed by atoms with Crippen LogP contribution in [0.1, 0.15) is 11.3 Å². The SMILES string of the molecule is Fc1c(Br)ncnc1Cc1ccc(Cl)cc1. The van der Waals surface area contributed by atoms with E-state index in [-0.39, 0.29) is 4.60 Å². The second-order valence-electron chi connectivity index (χ2n) is 3.23. The molecular weight excluding hydrogens is 294 g/mol. The van der Waals surface area contributed by atoms with Gasteiger partial charge in [0, 0.05) is 11.4 Å². The lowest BCUT2D eigenvalue weighted by Crippen LogP contribution is -1.99. The normalized spacial score (nSPS) is 10.4. The van der Waals surface area contributed by atoms with Crippen LogP contribution in [0.15, 0.2) is 35.2 Å². The van der Waals surface area contributed by atoms with Crippen LogP contribution in [0, 0.1) is 5.82 Å². The van der Waals surface area contributed by atoms with Crippen molar-refractivity contribution < 1.29 is 4.39 Å². The summed E-state index contributed by atoms with van der Waals surface area (Å²) in [4.78, 5) is 7.61. The third kappa shape index (κ3) is 2.57. The molecule has 2 aromatic rings. The van der Waals surface area contributed by atoms with Crippen LogP contribution in [0.2, 0.25) is 5.02 Å². The van der Waals surface area contributed by atoms with E-state index in [4.69, 9.17) is 11.6 Å². The fourth-order valence-corrected chi connectivity index (χ4v) is 1.75. The minimum Gasteiger partial charge on any atom is -0.238 e. The zero-order chi connectivity index (χ0) is 11.5. The summed E-state index contributed by atoms with van der Waals surface area (Å²) in [5.41, 5.74) is 1.32. The van der Waals surface area contributed by atoms with Crippen molar-refractivity contribution in [3.8, 4) is 0 Å². The molecule has 0 aliphatic carbocycles. The number of aromatic nitrogens is 2. The van der Waals surface area contributed by atoms with Gasteiger partial charge in [-0.3, -0.25) is 0 Å². The minimum atomic E-state index is -0.419. The molecule has 0 radical (unpaired) electrons. The second kappa shape index (κ2) is 4.89. The molecule has 16 heavy (non-hydrogen) atoms. The number of rotatable bonds is 2. The fourth-order valence-electron chi connectivity index (χ4n) is 1.30. The van der Waals surface area contributed by atoms with E-state index in [1.807, 2.05) is 12.1 Å². The van der Waals surface area contributed by atoms with Gasteiger partial charge in [-0.1, -0.05) is 23.7 Å². The van der Waals surface area contributed by atoms with Crippen molar-refractivity contribution in [3.05, 3.63) is 57.3 Å². The Labute approximate surface area is 106 Å². The highest BCUT2D eigenvalue weighted by Gasteiger charge is 2.09. The quantitative estimate of drug-likeness (QED) is 0.792. The molecule has 0 amide bonds. The molecule has 0 unspecified atom stereocenters. The van der Waals surface area contributed by atoms with Gasteiger partial charge in [-0.25, -0.2) is 14.4 Å². The van der Waals surface area contributed by atoms with Crippen LogP contribution in [0.25, 0.3) is 0 Å². The van der Waals surface area contributed by atoms with Gasteiger partial charge >= 0.3 is 0 Å². The summed E-state index contributed by atoms with van der Waals surface area (Å²) in [7, 11) is 0. The molecule has 2 nitrogen and oxygen atoms in total. The number of hydrogen-bond donors (Lipinski definition) is 0. The molecule has 82 valence electrons. The zero-order valence-corrected chi connectivity index (χ0v) is 10.5. The Hall–Kier alpha value is -1.00. The molecule has 0 N–H and O–H groups in total. The molecule has 0 aliphatic heterocycles. The highest BCUT2D eigenvalue weighted by molar-refractivity contribution is 9.10. The lowest BCUT2D eigenvalue weighted by atomic mass is 10.1. The number of hydrogen-bond acceptors (Lipinski definition) is 2. The van der Waals surface area contributed by atoms with Gasteiger partial charge in [-0.15, -0.1) is 0 Å². The summed E-state index contributed by atoms with van der Waals surface area (Å²) in [5.74, 6) is -0.419. The summed E-state index contributed by atoms with van der Waals surface area (Å²) in [6.45, 7) is 0. The maximum atomic E-state index is 13.6. The number of halogens is 3. The molecule has 2 rings (SSSR count). The van der Waals surface area contributed by atoms with Crippen LogP contribution in [0.4, 0.5) is 4.39 Å². The summed E-state index contributed by atoms with van der Waals surface area (Å²) in [6, 6.07) is 7.23. The van der Waals surface area contributed by atoms with Crippen LogP contribution in [-0.4, -0.2) is 9.97 Å². The molecule has 0 fully saturated rings. The molecule has 1 aromatic heterocycles. The molecule has 0 atom stereocenters. The van der Waals surface area contributed by atoms with E-state index in [1.54, 1.807) is 12.1 Å². The van der Waals surface area contributed by atoms with E-state index in [1.165, 1.54) is 6.33 Å². The first-order chi connectivity index (χ1) is 7.66. The highest BCUT2D eigenvalue weighted by atomic mass is 79.9. The monoisotopic (exact) mass is 300 g/mol. The Morgan fingerprint density at radius 2 is 1.88 bits per heavy atom. The summed E-state index contributed by atoms with van der Waals surface area (Å²) >= 11 is 8.79. The average Bonchev–Trinajstić information content (AvgIpc) is 2.28. The molecule has 5 heteroatoms. The van der Waals surface area contributed by atoms with Crippen molar-refractivity contribution in [2.75, 3.05) is 0 Å². The van der Waals surface area contributed by atoms with E-state index in [2.05, 4.69) is 25.9 Å². The third-order valence-corrected chi connectivity index (χ3v) is 2.91. The summed E-state index contributed by atoms with van der Waals surface area (Å²) < 4.78 is 13.8. The van der Waals surface area contributed by atoms with Gasteiger partial charge in [0.2, 0.25) is 0 Å². The van der Waals surface area contributed by atoms with Crippen molar-refractivity contribution in [2.24, 2.45) is 0 Å². The van der Waals surface area contributed by atoms with Crippen molar-refractivity contribution in [1.29, 1.82) is 0 Å². The fraction of sp³-hybridized carbons (Fsp3) is 0.0909. The zero-order valence-electron chi connectivity index (χ0n) is 8.12. The van der Waals surface area contributed by atoms with Crippen LogP contribution in [0.3, 0.4) is 0 Å². The average molecular weight is 302 g/mol. The lowest BCUT2D eigenvalue weighted by Gasteiger charge is -2.03. The highest BCUT2D eigenvalue weighted by Crippen LogP contribution is 2.17. The molecule has 1 aromatic carbocycles. The maximum absolute atomic E-state index is 13.6. The van der Waals surface area contributed by atoms with Gasteiger partial charge in [-0.2, -0.15) is 0 Å². The molecule has 0 bridgehead atoms. The molecular formula is C11H7BrClFN2. The van der Waals surface area contributed by atoms with E-state index in [0.717, 1.165) is 5.56 Å². The van der Waals surface area contributed by atoms with Crippen LogP contribution in [0.5, 0.6) is 0 Å². The first-order valence-corrected chi connectivity index (χ1v) is 5.73. The Kier molecular flexibility index (Phi) is 3.51. The van der Waals surface area contributed by atoms with E-state index in [0.29, 0.717) is 17.1 Å². The first-order valence-electron chi connectivity index (χ1n) is 4.56. The number of nitrogens with zero attached hydrogens (tertiary/aromatic N) is 2. The molecule has 0 saturated heterocycles. The first kappa shape index (κ1) is 11.5. The largest absolute Gasteiger partial charge is 0.238 e. The van der Waals surface area contributed by atoms with Crippen LogP contribution in [-0.2, 0) is 6.42 Å². The van der Waals surface area contributed by atoms with Crippen molar-refractivity contribution in [2.45, 2.75) is 6.42 Å². The summed E-state index contributed by atoms with van der Waals surface area (Å²) in [5, 5.41) is 0.660. The van der Waals surface area contributed by atoms with Gasteiger partial charge < -0.3 is 0 Å². The smallest absolute Gasteiger partial charge is 0.177 e. The van der Waals surface area contributed by atoms with Gasteiger partial charge in [0.1, 0.15) is 10.9 Å². The Morgan fingerprint density at radius 3 is 2.56 bits per heavy atom. The van der Waals surface area contributed by atoms with Gasteiger partial charge in [-0.05, 0) is 33.6 Å². The predicted molar refractivity (Wildman–Crippen MR) is 63.9 cm³/mol. The lowest BCUT2D eigenvalue weighted by molar-refractivity contribution is 0.587. The topological polar surface area (TPSA) is 25.8 Å². The van der Waals surface area contributed by atoms with E-state index in [9.17, 15) is 4.39 Å². The Morgan fingerprint density at radius 1 is 1.19 bits per heavy atom. The predicted octanol–water partition coefficient (Wildman–Crippen LogP) is 3.62.